The number of aromatic nitrogens is 1. The van der Waals surface area contributed by atoms with Gasteiger partial charge in [-0.1, -0.05) is 6.07 Å². The van der Waals surface area contributed by atoms with Gasteiger partial charge in [0.25, 0.3) is 11.5 Å². The van der Waals surface area contributed by atoms with Gasteiger partial charge in [-0.05, 0) is 80.6 Å². The lowest BCUT2D eigenvalue weighted by Crippen LogP contribution is -2.40. The first-order valence-electron chi connectivity index (χ1n) is 12.3. The van der Waals surface area contributed by atoms with Crippen LogP contribution in [0.3, 0.4) is 0 Å². The number of anilines is 3. The molecule has 0 atom stereocenters. The van der Waals surface area contributed by atoms with Gasteiger partial charge in [0.15, 0.2) is 0 Å². The lowest BCUT2D eigenvalue weighted by atomic mass is 10.1. The van der Waals surface area contributed by atoms with E-state index in [-0.39, 0.29) is 36.3 Å². The molecule has 0 fully saturated rings. The average molecular weight is 664 g/mol. The lowest BCUT2D eigenvalue weighted by molar-refractivity contribution is 0.0324. The summed E-state index contributed by atoms with van der Waals surface area (Å²) in [7, 11) is 3.05. The Morgan fingerprint density at radius 3 is 2.48 bits per heavy atom. The van der Waals surface area contributed by atoms with Gasteiger partial charge < -0.3 is 19.1 Å². The molecule has 3 aromatic rings. The fraction of sp³-hybridized carbons (Fsp3) is 0.321. The van der Waals surface area contributed by atoms with Gasteiger partial charge in [-0.15, -0.1) is 0 Å². The fourth-order valence-corrected chi connectivity index (χ4v) is 4.57. The number of halogens is 2. The number of nitrogens with one attached hydrogen (secondary N) is 1. The van der Waals surface area contributed by atoms with Crippen LogP contribution < -0.4 is 20.5 Å². The van der Waals surface area contributed by atoms with Crippen molar-refractivity contribution in [3.8, 4) is 11.5 Å². The van der Waals surface area contributed by atoms with Crippen LogP contribution >= 0.6 is 22.6 Å². The van der Waals surface area contributed by atoms with Gasteiger partial charge >= 0.3 is 6.09 Å². The molecule has 0 aliphatic carbocycles. The second kappa shape index (κ2) is 11.5. The van der Waals surface area contributed by atoms with E-state index in [1.54, 1.807) is 65.1 Å². The molecule has 1 aliphatic heterocycles. The number of carbonyl (C=O) groups is 2. The second-order valence-electron chi connectivity index (χ2n) is 10.3. The standard InChI is InChI=1S/C28H30FIN4O6/c1-16-19(31-27(37)40-28(2,3)4)8-7-9-21(16)39-22-13-23(35)33(6)25-24(22)26(36)32(5)14-38-15-34(25)20-11-10-17(30)12-18(20)29/h7-13H,14-15H2,1-6H3,(H,31,37). The smallest absolute Gasteiger partial charge is 0.412 e. The van der Waals surface area contributed by atoms with Gasteiger partial charge in [-0.2, -0.15) is 0 Å². The minimum absolute atomic E-state index is 0.0229. The molecule has 1 N–H and O–H groups in total. The van der Waals surface area contributed by atoms with Crippen LogP contribution in [0.15, 0.2) is 47.3 Å². The Balaban J connectivity index is 1.84. The van der Waals surface area contributed by atoms with Crippen molar-refractivity contribution in [3.05, 3.63) is 73.3 Å². The quantitative estimate of drug-likeness (QED) is 0.356. The van der Waals surface area contributed by atoms with Crippen LogP contribution in [0, 0.1) is 16.3 Å². The number of hydrogen-bond donors (Lipinski definition) is 1. The van der Waals surface area contributed by atoms with E-state index in [1.807, 2.05) is 22.6 Å². The third-order valence-corrected chi connectivity index (χ3v) is 6.71. The molecule has 4 rings (SSSR count). The Bertz CT molecular complexity index is 1530. The molecule has 0 bridgehead atoms. The summed E-state index contributed by atoms with van der Waals surface area (Å²) >= 11 is 2.00. The van der Waals surface area contributed by atoms with Gasteiger partial charge in [0.1, 0.15) is 47.8 Å². The highest BCUT2D eigenvalue weighted by Gasteiger charge is 2.32. The van der Waals surface area contributed by atoms with Crippen LogP contribution in [0.5, 0.6) is 11.5 Å². The Hall–Kier alpha value is -3.65. The monoisotopic (exact) mass is 664 g/mol. The maximum Gasteiger partial charge on any atom is 0.412 e. The maximum absolute atomic E-state index is 15.2. The summed E-state index contributed by atoms with van der Waals surface area (Å²) < 4.78 is 34.3. The first kappa shape index (κ1) is 29.3. The van der Waals surface area contributed by atoms with Crippen molar-refractivity contribution in [2.45, 2.75) is 33.3 Å². The van der Waals surface area contributed by atoms with E-state index in [0.29, 0.717) is 20.6 Å². The van der Waals surface area contributed by atoms with Gasteiger partial charge in [0, 0.05) is 29.3 Å². The molecule has 12 heteroatoms. The van der Waals surface area contributed by atoms with Crippen LogP contribution in [0.2, 0.25) is 0 Å². The van der Waals surface area contributed by atoms with Crippen LogP contribution in [0.4, 0.5) is 26.4 Å². The molecule has 1 aromatic heterocycles. The molecule has 2 heterocycles. The first-order chi connectivity index (χ1) is 18.8. The SMILES string of the molecule is Cc1c(NC(=O)OC(C)(C)C)cccc1Oc1cc(=O)n(C)c2c1C(=O)N(C)COCN2c1ccc(I)cc1F. The maximum atomic E-state index is 15.2. The van der Waals surface area contributed by atoms with Crippen molar-refractivity contribution in [2.24, 2.45) is 7.05 Å². The van der Waals surface area contributed by atoms with Crippen molar-refractivity contribution >= 4 is 51.8 Å². The normalized spacial score (nSPS) is 13.8. The van der Waals surface area contributed by atoms with Crippen molar-refractivity contribution in [1.29, 1.82) is 0 Å². The summed E-state index contributed by atoms with van der Waals surface area (Å²) in [5, 5.41) is 2.70. The fourth-order valence-electron chi connectivity index (χ4n) is 4.12. The summed E-state index contributed by atoms with van der Waals surface area (Å²) in [6.07, 6.45) is -0.640. The minimum atomic E-state index is -0.690. The molecule has 0 radical (unpaired) electrons. The molecule has 10 nitrogen and oxygen atoms in total. The molecule has 2 aromatic carbocycles. The minimum Gasteiger partial charge on any atom is -0.456 e. The molecule has 0 unspecified atom stereocenters. The number of benzene rings is 2. The van der Waals surface area contributed by atoms with Gasteiger partial charge in [0.2, 0.25) is 0 Å². The molecule has 0 saturated heterocycles. The van der Waals surface area contributed by atoms with Crippen LogP contribution in [-0.4, -0.2) is 47.6 Å². The number of ether oxygens (including phenoxy) is 3. The Labute approximate surface area is 244 Å². The van der Waals surface area contributed by atoms with E-state index >= 15 is 4.39 Å². The summed E-state index contributed by atoms with van der Waals surface area (Å²) in [4.78, 5) is 42.0. The number of rotatable bonds is 4. The van der Waals surface area contributed by atoms with Crippen molar-refractivity contribution in [2.75, 3.05) is 30.7 Å². The average Bonchev–Trinajstić information content (AvgIpc) is 2.84. The summed E-state index contributed by atoms with van der Waals surface area (Å²) in [6.45, 7) is 6.79. The first-order valence-corrected chi connectivity index (χ1v) is 13.4. The molecular weight excluding hydrogens is 634 g/mol. The van der Waals surface area contributed by atoms with E-state index in [2.05, 4.69) is 5.32 Å². The lowest BCUT2D eigenvalue weighted by Gasteiger charge is -2.33. The third kappa shape index (κ3) is 6.22. The van der Waals surface area contributed by atoms with Crippen LogP contribution in [-0.2, 0) is 16.5 Å². The second-order valence-corrected chi connectivity index (χ2v) is 11.5. The molecule has 1 aliphatic rings. The number of fused-ring (bicyclic) bond motifs is 1. The number of amides is 2. The number of pyridine rings is 1. The highest BCUT2D eigenvalue weighted by Crippen LogP contribution is 2.39. The van der Waals surface area contributed by atoms with Crippen LogP contribution in [0.25, 0.3) is 0 Å². The molecule has 0 spiro atoms. The zero-order chi connectivity index (χ0) is 29.4. The van der Waals surface area contributed by atoms with Crippen molar-refractivity contribution in [3.63, 3.8) is 0 Å². The highest BCUT2D eigenvalue weighted by molar-refractivity contribution is 14.1. The molecule has 2 amide bonds. The number of nitrogens with zero attached hydrogens (tertiary/aromatic N) is 3. The molecule has 0 saturated carbocycles. The number of hydrogen-bond acceptors (Lipinski definition) is 7. The molecular formula is C28H30FIN4O6. The Morgan fingerprint density at radius 1 is 1.07 bits per heavy atom. The van der Waals surface area contributed by atoms with E-state index in [0.717, 1.165) is 0 Å². The molecule has 40 heavy (non-hydrogen) atoms. The van der Waals surface area contributed by atoms with Crippen molar-refractivity contribution in [1.82, 2.24) is 9.47 Å². The van der Waals surface area contributed by atoms with E-state index < -0.39 is 29.0 Å². The molecule has 212 valence electrons. The highest BCUT2D eigenvalue weighted by atomic mass is 127. The summed E-state index contributed by atoms with van der Waals surface area (Å²) in [5.41, 5.74) is -0.0235. The summed E-state index contributed by atoms with van der Waals surface area (Å²) in [6, 6.07) is 10.8. The van der Waals surface area contributed by atoms with Crippen molar-refractivity contribution < 1.29 is 28.2 Å². The Morgan fingerprint density at radius 2 is 1.80 bits per heavy atom. The third-order valence-electron chi connectivity index (χ3n) is 6.03. The van der Waals surface area contributed by atoms with E-state index in [9.17, 15) is 14.4 Å². The predicted molar refractivity (Wildman–Crippen MR) is 157 cm³/mol. The van der Waals surface area contributed by atoms with Gasteiger partial charge in [0.05, 0.1) is 11.4 Å². The van der Waals surface area contributed by atoms with Gasteiger partial charge in [-0.25, -0.2) is 9.18 Å². The van der Waals surface area contributed by atoms with Crippen LogP contribution in [0.1, 0.15) is 36.7 Å². The van der Waals surface area contributed by atoms with E-state index in [1.165, 1.54) is 33.5 Å². The topological polar surface area (TPSA) is 102 Å². The summed E-state index contributed by atoms with van der Waals surface area (Å²) in [5.74, 6) is -0.648. The van der Waals surface area contributed by atoms with Gasteiger partial charge in [-0.3, -0.25) is 24.4 Å². The Kier molecular flexibility index (Phi) is 8.40. The predicted octanol–water partition coefficient (Wildman–Crippen LogP) is 5.73. The largest absolute Gasteiger partial charge is 0.456 e. The zero-order valence-electron chi connectivity index (χ0n) is 23.0. The zero-order valence-corrected chi connectivity index (χ0v) is 25.2. The number of carbonyl (C=O) groups excluding carboxylic acids is 2. The van der Waals surface area contributed by atoms with E-state index in [4.69, 9.17) is 14.2 Å².